The van der Waals surface area contributed by atoms with Crippen molar-refractivity contribution in [3.05, 3.63) is 35.4 Å². The Morgan fingerprint density at radius 3 is 2.68 bits per heavy atom. The van der Waals surface area contributed by atoms with Crippen LogP contribution in [-0.2, 0) is 4.79 Å². The third-order valence-corrected chi connectivity index (χ3v) is 6.65. The fourth-order valence-electron chi connectivity index (χ4n) is 4.92. The Morgan fingerprint density at radius 1 is 1.28 bits per heavy atom. The molecule has 0 spiro atoms. The van der Waals surface area contributed by atoms with Gasteiger partial charge in [0.05, 0.1) is 12.1 Å². The van der Waals surface area contributed by atoms with Crippen LogP contribution in [0.25, 0.3) is 0 Å². The number of nitrogens with one attached hydrogen (secondary N) is 1. The SMILES string of the molecule is CC[C@@H](C)CN1C[C@@H]2[C@H](NC(=O)C3CC(O)C3)c3ccccc3[C@@H]2C1. The summed E-state index contributed by atoms with van der Waals surface area (Å²) in [4.78, 5) is 15.2. The van der Waals surface area contributed by atoms with E-state index in [1.54, 1.807) is 0 Å². The van der Waals surface area contributed by atoms with Crippen LogP contribution in [0.1, 0.15) is 56.2 Å². The van der Waals surface area contributed by atoms with E-state index in [1.807, 2.05) is 0 Å². The van der Waals surface area contributed by atoms with Gasteiger partial charge in [-0.15, -0.1) is 0 Å². The maximum atomic E-state index is 12.6. The van der Waals surface area contributed by atoms with E-state index < -0.39 is 0 Å². The number of hydrogen-bond donors (Lipinski definition) is 2. The van der Waals surface area contributed by atoms with Gasteiger partial charge in [-0.05, 0) is 29.9 Å². The topological polar surface area (TPSA) is 52.6 Å². The molecule has 0 aromatic heterocycles. The summed E-state index contributed by atoms with van der Waals surface area (Å²) in [6.07, 6.45) is 2.17. The van der Waals surface area contributed by atoms with Crippen molar-refractivity contribution in [2.24, 2.45) is 17.8 Å². The number of nitrogens with zero attached hydrogens (tertiary/aromatic N) is 1. The monoisotopic (exact) mass is 342 g/mol. The Balaban J connectivity index is 1.51. The smallest absolute Gasteiger partial charge is 0.223 e. The second-order valence-corrected chi connectivity index (χ2v) is 8.44. The number of amides is 1. The molecule has 4 atom stereocenters. The van der Waals surface area contributed by atoms with E-state index in [9.17, 15) is 9.90 Å². The van der Waals surface area contributed by atoms with E-state index in [1.165, 1.54) is 17.5 Å². The molecule has 4 rings (SSSR count). The van der Waals surface area contributed by atoms with Crippen molar-refractivity contribution in [3.63, 3.8) is 0 Å². The van der Waals surface area contributed by atoms with Crippen LogP contribution in [0.4, 0.5) is 0 Å². The van der Waals surface area contributed by atoms with Crippen molar-refractivity contribution >= 4 is 5.91 Å². The van der Waals surface area contributed by atoms with E-state index >= 15 is 0 Å². The van der Waals surface area contributed by atoms with Gasteiger partial charge in [0.15, 0.2) is 0 Å². The minimum atomic E-state index is -0.281. The number of benzene rings is 1. The van der Waals surface area contributed by atoms with E-state index in [0.717, 1.165) is 25.6 Å². The lowest BCUT2D eigenvalue weighted by atomic mass is 9.81. The first-order valence-corrected chi connectivity index (χ1v) is 9.86. The van der Waals surface area contributed by atoms with Crippen molar-refractivity contribution in [1.29, 1.82) is 0 Å². The number of fused-ring (bicyclic) bond motifs is 3. The summed E-state index contributed by atoms with van der Waals surface area (Å²) in [7, 11) is 0. The highest BCUT2D eigenvalue weighted by molar-refractivity contribution is 5.80. The fraction of sp³-hybridized carbons (Fsp3) is 0.667. The lowest BCUT2D eigenvalue weighted by Crippen LogP contribution is -2.43. The van der Waals surface area contributed by atoms with Crippen LogP contribution >= 0.6 is 0 Å². The molecule has 2 N–H and O–H groups in total. The number of aliphatic hydroxyl groups excluding tert-OH is 1. The predicted octanol–water partition coefficient (Wildman–Crippen LogP) is 2.69. The maximum absolute atomic E-state index is 12.6. The Hall–Kier alpha value is -1.39. The van der Waals surface area contributed by atoms with Gasteiger partial charge < -0.3 is 15.3 Å². The highest BCUT2D eigenvalue weighted by atomic mass is 16.3. The quantitative estimate of drug-likeness (QED) is 0.865. The number of hydrogen-bond acceptors (Lipinski definition) is 3. The Labute approximate surface area is 150 Å². The van der Waals surface area contributed by atoms with Crippen molar-refractivity contribution in [1.82, 2.24) is 10.2 Å². The largest absolute Gasteiger partial charge is 0.393 e. The van der Waals surface area contributed by atoms with Crippen LogP contribution in [0.3, 0.4) is 0 Å². The molecule has 1 amide bonds. The average molecular weight is 342 g/mol. The number of aliphatic hydroxyl groups is 1. The van der Waals surface area contributed by atoms with Crippen LogP contribution in [0.15, 0.2) is 24.3 Å². The van der Waals surface area contributed by atoms with Crippen LogP contribution in [0.5, 0.6) is 0 Å². The molecule has 0 radical (unpaired) electrons. The first kappa shape index (κ1) is 17.0. The zero-order chi connectivity index (χ0) is 17.6. The molecule has 4 heteroatoms. The minimum Gasteiger partial charge on any atom is -0.393 e. The zero-order valence-corrected chi connectivity index (χ0v) is 15.3. The molecule has 2 aliphatic carbocycles. The molecule has 1 saturated carbocycles. The minimum absolute atomic E-state index is 0.00108. The first-order valence-electron chi connectivity index (χ1n) is 9.86. The van der Waals surface area contributed by atoms with Gasteiger partial charge in [0.1, 0.15) is 0 Å². The van der Waals surface area contributed by atoms with Gasteiger partial charge in [0.25, 0.3) is 0 Å². The first-order chi connectivity index (χ1) is 12.1. The summed E-state index contributed by atoms with van der Waals surface area (Å²) in [5.41, 5.74) is 2.74. The normalized spacial score (nSPS) is 34.9. The predicted molar refractivity (Wildman–Crippen MR) is 98.2 cm³/mol. The zero-order valence-electron chi connectivity index (χ0n) is 15.3. The summed E-state index contributed by atoms with van der Waals surface area (Å²) in [5.74, 6) is 1.87. The van der Waals surface area contributed by atoms with Crippen LogP contribution in [0.2, 0.25) is 0 Å². The molecule has 1 aromatic carbocycles. The fourth-order valence-corrected chi connectivity index (χ4v) is 4.92. The van der Waals surface area contributed by atoms with Gasteiger partial charge >= 0.3 is 0 Å². The number of likely N-dealkylation sites (tertiary alicyclic amines) is 1. The number of rotatable bonds is 5. The third-order valence-electron chi connectivity index (χ3n) is 6.65. The summed E-state index contributed by atoms with van der Waals surface area (Å²) in [6.45, 7) is 7.92. The van der Waals surface area contributed by atoms with Gasteiger partial charge in [-0.1, -0.05) is 44.5 Å². The summed E-state index contributed by atoms with van der Waals surface area (Å²) in [5, 5.41) is 12.8. The van der Waals surface area contributed by atoms with Crippen molar-refractivity contribution < 1.29 is 9.90 Å². The highest BCUT2D eigenvalue weighted by Gasteiger charge is 2.47. The molecular formula is C21H30N2O2. The van der Waals surface area contributed by atoms with Crippen LogP contribution in [-0.4, -0.2) is 41.7 Å². The lowest BCUT2D eigenvalue weighted by Gasteiger charge is -2.32. The molecule has 1 aliphatic heterocycles. The molecule has 1 heterocycles. The molecule has 1 saturated heterocycles. The van der Waals surface area contributed by atoms with Gasteiger partial charge in [0.2, 0.25) is 5.91 Å². The maximum Gasteiger partial charge on any atom is 0.223 e. The van der Waals surface area contributed by atoms with Crippen LogP contribution < -0.4 is 5.32 Å². The number of carbonyl (C=O) groups is 1. The molecule has 4 nitrogen and oxygen atoms in total. The molecule has 1 aromatic rings. The molecule has 0 bridgehead atoms. The van der Waals surface area contributed by atoms with Crippen molar-refractivity contribution in [3.8, 4) is 0 Å². The van der Waals surface area contributed by atoms with Gasteiger partial charge in [-0.3, -0.25) is 4.79 Å². The third kappa shape index (κ3) is 3.11. The van der Waals surface area contributed by atoms with Crippen LogP contribution in [0, 0.1) is 17.8 Å². The molecule has 2 fully saturated rings. The molecular weight excluding hydrogens is 312 g/mol. The van der Waals surface area contributed by atoms with Crippen molar-refractivity contribution in [2.45, 2.75) is 51.2 Å². The van der Waals surface area contributed by atoms with Gasteiger partial charge in [0, 0.05) is 37.4 Å². The summed E-state index contributed by atoms with van der Waals surface area (Å²) in [6, 6.07) is 8.78. The lowest BCUT2D eigenvalue weighted by molar-refractivity contribution is -0.132. The van der Waals surface area contributed by atoms with E-state index in [0.29, 0.717) is 24.7 Å². The molecule has 136 valence electrons. The molecule has 25 heavy (non-hydrogen) atoms. The second kappa shape index (κ2) is 6.73. The Bertz CT molecular complexity index is 641. The van der Waals surface area contributed by atoms with E-state index in [4.69, 9.17) is 0 Å². The second-order valence-electron chi connectivity index (χ2n) is 8.44. The Kier molecular flexibility index (Phi) is 4.59. The van der Waals surface area contributed by atoms with Gasteiger partial charge in [-0.25, -0.2) is 0 Å². The van der Waals surface area contributed by atoms with Gasteiger partial charge in [-0.2, -0.15) is 0 Å². The summed E-state index contributed by atoms with van der Waals surface area (Å²) < 4.78 is 0. The molecule has 0 unspecified atom stereocenters. The van der Waals surface area contributed by atoms with E-state index in [2.05, 4.69) is 48.3 Å². The standard InChI is InChI=1S/C21H30N2O2/c1-3-13(2)10-23-11-18-16-6-4-5-7-17(16)20(19(18)12-23)22-21(25)14-8-15(24)9-14/h4-7,13-15,18-20,24H,3,8-12H2,1-2H3,(H,22,25)/t13-,14?,15?,18+,19+,20-/m1/s1. The highest BCUT2D eigenvalue weighted by Crippen LogP contribution is 2.49. The molecule has 3 aliphatic rings. The van der Waals surface area contributed by atoms with Crippen molar-refractivity contribution in [2.75, 3.05) is 19.6 Å². The van der Waals surface area contributed by atoms with E-state index in [-0.39, 0.29) is 24.0 Å². The Morgan fingerprint density at radius 2 is 2.00 bits per heavy atom. The average Bonchev–Trinajstić information content (AvgIpc) is 3.10. The number of carbonyl (C=O) groups excluding carboxylic acids is 1. The summed E-state index contributed by atoms with van der Waals surface area (Å²) >= 11 is 0.